The molecule has 1 aromatic rings. The standard InChI is InChI=1S/C15H21NO3/c1-15(2,3)19-14(18)16-13-11-7-5-4-6-10(11)8-9-12(13)17/h4-7,12-13,17H,8-9H2,1-3H3,(H,16,18)/t12-,13-/m1/s1. The lowest BCUT2D eigenvalue weighted by molar-refractivity contribution is 0.0399. The minimum absolute atomic E-state index is 0.389. The summed E-state index contributed by atoms with van der Waals surface area (Å²) in [6.07, 6.45) is 0.428. The summed E-state index contributed by atoms with van der Waals surface area (Å²) in [5.41, 5.74) is 1.62. The molecule has 0 heterocycles. The maximum Gasteiger partial charge on any atom is 0.408 e. The second-order valence-corrected chi connectivity index (χ2v) is 5.93. The van der Waals surface area contributed by atoms with Gasteiger partial charge < -0.3 is 15.2 Å². The Kier molecular flexibility index (Phi) is 3.80. The third-order valence-electron chi connectivity index (χ3n) is 3.16. The molecule has 19 heavy (non-hydrogen) atoms. The summed E-state index contributed by atoms with van der Waals surface area (Å²) in [5, 5.41) is 12.9. The van der Waals surface area contributed by atoms with E-state index in [1.807, 2.05) is 45.0 Å². The van der Waals surface area contributed by atoms with E-state index >= 15 is 0 Å². The van der Waals surface area contributed by atoms with Crippen molar-refractivity contribution in [1.82, 2.24) is 5.32 Å². The number of carbonyl (C=O) groups is 1. The Morgan fingerprint density at radius 2 is 2.05 bits per heavy atom. The van der Waals surface area contributed by atoms with Crippen LogP contribution in [-0.2, 0) is 11.2 Å². The number of ether oxygens (including phenoxy) is 1. The smallest absolute Gasteiger partial charge is 0.408 e. The van der Waals surface area contributed by atoms with Crippen LogP contribution in [-0.4, -0.2) is 22.9 Å². The van der Waals surface area contributed by atoms with Gasteiger partial charge in [-0.2, -0.15) is 0 Å². The lowest BCUT2D eigenvalue weighted by atomic mass is 9.86. The van der Waals surface area contributed by atoms with Crippen molar-refractivity contribution in [3.05, 3.63) is 35.4 Å². The summed E-state index contributed by atoms with van der Waals surface area (Å²) >= 11 is 0. The number of fused-ring (bicyclic) bond motifs is 1. The average molecular weight is 263 g/mol. The maximum absolute atomic E-state index is 11.8. The van der Waals surface area contributed by atoms with Gasteiger partial charge in [0, 0.05) is 0 Å². The van der Waals surface area contributed by atoms with Crippen LogP contribution in [0.5, 0.6) is 0 Å². The molecule has 1 aliphatic rings. The summed E-state index contributed by atoms with van der Waals surface area (Å²) in [7, 11) is 0. The molecule has 1 amide bonds. The third-order valence-corrected chi connectivity index (χ3v) is 3.16. The van der Waals surface area contributed by atoms with Crippen molar-refractivity contribution in [2.45, 2.75) is 51.4 Å². The Hall–Kier alpha value is -1.55. The zero-order valence-corrected chi connectivity index (χ0v) is 11.6. The first-order valence-electron chi connectivity index (χ1n) is 6.62. The number of aryl methyl sites for hydroxylation is 1. The summed E-state index contributed by atoms with van der Waals surface area (Å²) in [5.74, 6) is 0. The number of rotatable bonds is 1. The van der Waals surface area contributed by atoms with E-state index in [2.05, 4.69) is 5.32 Å². The van der Waals surface area contributed by atoms with Gasteiger partial charge in [0.2, 0.25) is 0 Å². The number of aliphatic hydroxyl groups is 1. The molecular formula is C15H21NO3. The highest BCUT2D eigenvalue weighted by Crippen LogP contribution is 2.30. The first-order chi connectivity index (χ1) is 8.87. The highest BCUT2D eigenvalue weighted by atomic mass is 16.6. The van der Waals surface area contributed by atoms with Gasteiger partial charge in [-0.3, -0.25) is 0 Å². The number of amides is 1. The number of benzene rings is 1. The van der Waals surface area contributed by atoms with Gasteiger partial charge in [-0.1, -0.05) is 24.3 Å². The van der Waals surface area contributed by atoms with Crippen LogP contribution >= 0.6 is 0 Å². The fourth-order valence-corrected chi connectivity index (χ4v) is 2.35. The second-order valence-electron chi connectivity index (χ2n) is 5.93. The first kappa shape index (κ1) is 13.9. The average Bonchev–Trinajstić information content (AvgIpc) is 2.31. The Morgan fingerprint density at radius 1 is 1.37 bits per heavy atom. The summed E-state index contributed by atoms with van der Waals surface area (Å²) in [6.45, 7) is 5.45. The van der Waals surface area contributed by atoms with Crippen molar-refractivity contribution in [2.75, 3.05) is 0 Å². The van der Waals surface area contributed by atoms with Crippen molar-refractivity contribution in [3.63, 3.8) is 0 Å². The molecule has 4 heteroatoms. The number of nitrogens with one attached hydrogen (secondary N) is 1. The lowest BCUT2D eigenvalue weighted by Crippen LogP contribution is -2.41. The maximum atomic E-state index is 11.8. The van der Waals surface area contributed by atoms with E-state index in [9.17, 15) is 9.90 Å². The van der Waals surface area contributed by atoms with E-state index in [-0.39, 0.29) is 6.04 Å². The lowest BCUT2D eigenvalue weighted by Gasteiger charge is -2.31. The molecule has 0 aliphatic heterocycles. The molecule has 0 aromatic heterocycles. The Labute approximate surface area is 113 Å². The van der Waals surface area contributed by atoms with E-state index in [4.69, 9.17) is 4.74 Å². The SMILES string of the molecule is CC(C)(C)OC(=O)N[C@@H]1c2ccccc2CC[C@H]1O. The number of hydrogen-bond acceptors (Lipinski definition) is 3. The predicted molar refractivity (Wildman–Crippen MR) is 72.9 cm³/mol. The van der Waals surface area contributed by atoms with Crippen LogP contribution in [0.25, 0.3) is 0 Å². The molecule has 1 aliphatic carbocycles. The molecule has 0 bridgehead atoms. The van der Waals surface area contributed by atoms with Gasteiger partial charge in [0.05, 0.1) is 12.1 Å². The predicted octanol–water partition coefficient (Wildman–Crippen LogP) is 2.56. The molecule has 0 radical (unpaired) electrons. The molecular weight excluding hydrogens is 242 g/mol. The van der Waals surface area contributed by atoms with E-state index < -0.39 is 17.8 Å². The van der Waals surface area contributed by atoms with E-state index in [1.54, 1.807) is 0 Å². The van der Waals surface area contributed by atoms with E-state index in [0.717, 1.165) is 12.0 Å². The van der Waals surface area contributed by atoms with Crippen molar-refractivity contribution in [2.24, 2.45) is 0 Å². The summed E-state index contributed by atoms with van der Waals surface area (Å²) < 4.78 is 5.24. The van der Waals surface area contributed by atoms with Crippen LogP contribution in [0, 0.1) is 0 Å². The van der Waals surface area contributed by atoms with Crippen molar-refractivity contribution in [1.29, 1.82) is 0 Å². The Morgan fingerprint density at radius 3 is 2.74 bits per heavy atom. The fraction of sp³-hybridized carbons (Fsp3) is 0.533. The zero-order chi connectivity index (χ0) is 14.0. The molecule has 2 atom stereocenters. The van der Waals surface area contributed by atoms with Gasteiger partial charge in [-0.05, 0) is 44.7 Å². The number of alkyl carbamates (subject to hydrolysis) is 1. The van der Waals surface area contributed by atoms with Crippen molar-refractivity contribution >= 4 is 6.09 Å². The largest absolute Gasteiger partial charge is 0.444 e. The van der Waals surface area contributed by atoms with Crippen LogP contribution in [0.1, 0.15) is 44.4 Å². The number of aliphatic hydroxyl groups excluding tert-OH is 1. The molecule has 0 unspecified atom stereocenters. The molecule has 104 valence electrons. The quantitative estimate of drug-likeness (QED) is 0.818. The number of carbonyl (C=O) groups excluding carboxylic acids is 1. The van der Waals surface area contributed by atoms with Crippen LogP contribution in [0.4, 0.5) is 4.79 Å². The monoisotopic (exact) mass is 263 g/mol. The van der Waals surface area contributed by atoms with Crippen molar-refractivity contribution < 1.29 is 14.6 Å². The highest BCUT2D eigenvalue weighted by molar-refractivity contribution is 5.68. The molecule has 2 rings (SSSR count). The normalized spacial score (nSPS) is 22.5. The van der Waals surface area contributed by atoms with Crippen LogP contribution in [0.15, 0.2) is 24.3 Å². The molecule has 0 fully saturated rings. The summed E-state index contributed by atoms with van der Waals surface area (Å²) in [6, 6.07) is 7.48. The Bertz CT molecular complexity index is 465. The third kappa shape index (κ3) is 3.47. The van der Waals surface area contributed by atoms with Gasteiger partial charge in [0.1, 0.15) is 5.60 Å². The molecule has 0 spiro atoms. The minimum atomic E-state index is -0.567. The van der Waals surface area contributed by atoms with Crippen LogP contribution in [0.3, 0.4) is 0 Å². The van der Waals surface area contributed by atoms with Gasteiger partial charge in [0.25, 0.3) is 0 Å². The minimum Gasteiger partial charge on any atom is -0.444 e. The molecule has 4 nitrogen and oxygen atoms in total. The van der Waals surface area contributed by atoms with Gasteiger partial charge in [-0.25, -0.2) is 4.79 Å². The topological polar surface area (TPSA) is 58.6 Å². The molecule has 0 saturated heterocycles. The second kappa shape index (κ2) is 5.21. The van der Waals surface area contributed by atoms with E-state index in [1.165, 1.54) is 5.56 Å². The van der Waals surface area contributed by atoms with E-state index in [0.29, 0.717) is 6.42 Å². The first-order valence-corrected chi connectivity index (χ1v) is 6.62. The van der Waals surface area contributed by atoms with Gasteiger partial charge >= 0.3 is 6.09 Å². The summed E-state index contributed by atoms with van der Waals surface area (Å²) in [4.78, 5) is 11.8. The molecule has 1 aromatic carbocycles. The zero-order valence-electron chi connectivity index (χ0n) is 11.6. The van der Waals surface area contributed by atoms with Gasteiger partial charge in [-0.15, -0.1) is 0 Å². The molecule has 0 saturated carbocycles. The van der Waals surface area contributed by atoms with Crippen LogP contribution in [0.2, 0.25) is 0 Å². The van der Waals surface area contributed by atoms with Gasteiger partial charge in [0.15, 0.2) is 0 Å². The van der Waals surface area contributed by atoms with Crippen molar-refractivity contribution in [3.8, 4) is 0 Å². The molecule has 2 N–H and O–H groups in total. The Balaban J connectivity index is 2.13. The highest BCUT2D eigenvalue weighted by Gasteiger charge is 2.30. The van der Waals surface area contributed by atoms with Crippen LogP contribution < -0.4 is 5.32 Å². The number of hydrogen-bond donors (Lipinski definition) is 2. The fourth-order valence-electron chi connectivity index (χ4n) is 2.35.